The number of hydrogen-bond donors (Lipinski definition) is 0. The van der Waals surface area contributed by atoms with Gasteiger partial charge in [-0.05, 0) is 23.3 Å². The summed E-state index contributed by atoms with van der Waals surface area (Å²) < 4.78 is 0. The molecule has 2 rings (SSSR count). The van der Waals surface area contributed by atoms with E-state index in [9.17, 15) is 0 Å². The zero-order valence-electron chi connectivity index (χ0n) is 6.62. The lowest BCUT2D eigenvalue weighted by Gasteiger charge is -1.97. The molecular weight excluding hydrogens is 144 g/mol. The second-order valence-electron chi connectivity index (χ2n) is 2.56. The van der Waals surface area contributed by atoms with Crippen molar-refractivity contribution in [2.24, 2.45) is 0 Å². The Morgan fingerprint density at radius 3 is 2.08 bits per heavy atom. The highest BCUT2D eigenvalue weighted by Gasteiger charge is 1.92. The largest absolute Gasteiger partial charge is 0.0622 e. The fourth-order valence-corrected chi connectivity index (χ4v) is 1.12. The first-order valence-electron chi connectivity index (χ1n) is 3.90. The highest BCUT2D eigenvalue weighted by atomic mass is 14.0. The van der Waals surface area contributed by atoms with Crippen LogP contribution in [-0.2, 0) is 0 Å². The van der Waals surface area contributed by atoms with Crippen LogP contribution >= 0.6 is 0 Å². The first-order valence-corrected chi connectivity index (χ1v) is 3.90. The fraction of sp³-hybridized carbons (Fsp3) is 0. The smallest absolute Gasteiger partial charge is 0.00264 e. The lowest BCUT2D eigenvalue weighted by Crippen LogP contribution is -1.74. The van der Waals surface area contributed by atoms with Crippen LogP contribution in [0.4, 0.5) is 0 Å². The summed E-state index contributed by atoms with van der Waals surface area (Å²) in [5.41, 5.74) is 2.19. The molecule has 0 atom stereocenters. The van der Waals surface area contributed by atoms with Crippen molar-refractivity contribution in [3.63, 3.8) is 0 Å². The van der Waals surface area contributed by atoms with Crippen LogP contribution in [0.25, 0.3) is 11.1 Å². The molecule has 2 aromatic rings. The Labute approximate surface area is 72.5 Å². The molecule has 0 heteroatoms. The van der Waals surface area contributed by atoms with Gasteiger partial charge in [-0.15, -0.1) is 0 Å². The van der Waals surface area contributed by atoms with Crippen LogP contribution in [0.1, 0.15) is 0 Å². The summed E-state index contributed by atoms with van der Waals surface area (Å²) in [6, 6.07) is 22.1. The molecule has 0 aliphatic heterocycles. The predicted octanol–water partition coefficient (Wildman–Crippen LogP) is 2.95. The van der Waals surface area contributed by atoms with E-state index in [2.05, 4.69) is 24.3 Å². The minimum Gasteiger partial charge on any atom is -0.0622 e. The van der Waals surface area contributed by atoms with E-state index in [0.717, 1.165) is 11.1 Å². The number of rotatable bonds is 1. The van der Waals surface area contributed by atoms with Gasteiger partial charge in [-0.3, -0.25) is 0 Å². The molecule has 0 nitrogen and oxygen atoms in total. The summed E-state index contributed by atoms with van der Waals surface area (Å²) >= 11 is 0. The predicted molar refractivity (Wildman–Crippen MR) is 49.6 cm³/mol. The molecule has 0 heterocycles. The Hall–Kier alpha value is -1.56. The standard InChI is InChI=1S/C12H8/c1-3-7-11(8-4-1)12-9-5-2-6-10-12/h1-8H. The Morgan fingerprint density at radius 2 is 1.42 bits per heavy atom. The van der Waals surface area contributed by atoms with E-state index in [1.165, 1.54) is 0 Å². The Bertz CT molecular complexity index is 297. The molecule has 56 valence electrons. The van der Waals surface area contributed by atoms with Gasteiger partial charge in [-0.1, -0.05) is 48.5 Å². The van der Waals surface area contributed by atoms with Crippen molar-refractivity contribution in [1.82, 2.24) is 0 Å². The number of hydrogen-bond acceptors (Lipinski definition) is 0. The summed E-state index contributed by atoms with van der Waals surface area (Å²) in [6.07, 6.45) is 0. The van der Waals surface area contributed by atoms with Gasteiger partial charge in [0.1, 0.15) is 0 Å². The van der Waals surface area contributed by atoms with E-state index in [1.54, 1.807) is 0 Å². The van der Waals surface area contributed by atoms with Gasteiger partial charge >= 0.3 is 0 Å². The van der Waals surface area contributed by atoms with Crippen molar-refractivity contribution < 1.29 is 0 Å². The number of benzene rings is 2. The summed E-state index contributed by atoms with van der Waals surface area (Å²) in [6.45, 7) is 0. The minimum absolute atomic E-state index is 1.03. The molecule has 0 fully saturated rings. The van der Waals surface area contributed by atoms with E-state index in [0.29, 0.717) is 0 Å². The third-order valence-corrected chi connectivity index (χ3v) is 1.71. The lowest BCUT2D eigenvalue weighted by atomic mass is 10.1. The van der Waals surface area contributed by atoms with Gasteiger partial charge in [0.15, 0.2) is 0 Å². The molecule has 0 aliphatic rings. The van der Waals surface area contributed by atoms with Crippen LogP contribution in [0.5, 0.6) is 0 Å². The van der Waals surface area contributed by atoms with Crippen LogP contribution in [0.2, 0.25) is 0 Å². The fourth-order valence-electron chi connectivity index (χ4n) is 1.12. The Kier molecular flexibility index (Phi) is 1.91. The molecule has 0 bridgehead atoms. The second-order valence-corrected chi connectivity index (χ2v) is 2.56. The third-order valence-electron chi connectivity index (χ3n) is 1.71. The molecule has 0 unspecified atom stereocenters. The van der Waals surface area contributed by atoms with E-state index < -0.39 is 0 Å². The minimum atomic E-state index is 1.03. The van der Waals surface area contributed by atoms with Crippen molar-refractivity contribution in [2.75, 3.05) is 0 Å². The molecule has 0 saturated heterocycles. The molecule has 0 spiro atoms. The van der Waals surface area contributed by atoms with Gasteiger partial charge < -0.3 is 0 Å². The van der Waals surface area contributed by atoms with Crippen molar-refractivity contribution in [3.05, 3.63) is 60.7 Å². The zero-order chi connectivity index (χ0) is 8.23. The van der Waals surface area contributed by atoms with Gasteiger partial charge in [0, 0.05) is 0 Å². The first-order chi connectivity index (χ1) is 5.97. The first kappa shape index (κ1) is 7.11. The summed E-state index contributed by atoms with van der Waals surface area (Å²) in [7, 11) is 0. The van der Waals surface area contributed by atoms with Crippen molar-refractivity contribution in [1.29, 1.82) is 0 Å². The Balaban J connectivity index is 2.46. The van der Waals surface area contributed by atoms with Gasteiger partial charge in [0.25, 0.3) is 0 Å². The molecule has 12 heavy (non-hydrogen) atoms. The third kappa shape index (κ3) is 1.37. The summed E-state index contributed by atoms with van der Waals surface area (Å²) in [4.78, 5) is 0. The van der Waals surface area contributed by atoms with Gasteiger partial charge in [-0.25, -0.2) is 0 Å². The van der Waals surface area contributed by atoms with Gasteiger partial charge in [0.2, 0.25) is 0 Å². The topological polar surface area (TPSA) is 0 Å². The highest BCUT2D eigenvalue weighted by Crippen LogP contribution is 2.15. The zero-order valence-corrected chi connectivity index (χ0v) is 6.62. The highest BCUT2D eigenvalue weighted by molar-refractivity contribution is 5.61. The summed E-state index contributed by atoms with van der Waals surface area (Å²) in [5.74, 6) is 0. The van der Waals surface area contributed by atoms with Crippen LogP contribution < -0.4 is 0 Å². The van der Waals surface area contributed by atoms with E-state index >= 15 is 0 Å². The van der Waals surface area contributed by atoms with Crippen LogP contribution in [0, 0.1) is 12.1 Å². The molecule has 2 radical (unpaired) electrons. The maximum atomic E-state index is 3.13. The second kappa shape index (κ2) is 3.22. The SMILES string of the molecule is [c]1ccc[c]c1-c1ccccc1. The van der Waals surface area contributed by atoms with Crippen molar-refractivity contribution >= 4 is 0 Å². The van der Waals surface area contributed by atoms with Crippen LogP contribution in [-0.4, -0.2) is 0 Å². The molecular formula is C12H8. The monoisotopic (exact) mass is 152 g/mol. The van der Waals surface area contributed by atoms with Gasteiger partial charge in [-0.2, -0.15) is 0 Å². The molecule has 0 N–H and O–H groups in total. The van der Waals surface area contributed by atoms with Crippen LogP contribution in [0.3, 0.4) is 0 Å². The molecule has 0 aliphatic carbocycles. The van der Waals surface area contributed by atoms with E-state index in [-0.39, 0.29) is 0 Å². The Morgan fingerprint density at radius 1 is 0.750 bits per heavy atom. The molecule has 0 aromatic heterocycles. The maximum absolute atomic E-state index is 3.13. The van der Waals surface area contributed by atoms with E-state index in [1.807, 2.05) is 36.4 Å². The van der Waals surface area contributed by atoms with Crippen molar-refractivity contribution in [2.45, 2.75) is 0 Å². The molecule has 2 aromatic carbocycles. The molecule has 0 saturated carbocycles. The average Bonchev–Trinajstić information content (AvgIpc) is 2.21. The van der Waals surface area contributed by atoms with E-state index in [4.69, 9.17) is 0 Å². The average molecular weight is 152 g/mol. The lowest BCUT2D eigenvalue weighted by molar-refractivity contribution is 1.60. The van der Waals surface area contributed by atoms with Crippen molar-refractivity contribution in [3.8, 4) is 11.1 Å². The quantitative estimate of drug-likeness (QED) is 0.589. The van der Waals surface area contributed by atoms with Crippen LogP contribution in [0.15, 0.2) is 48.5 Å². The van der Waals surface area contributed by atoms with Gasteiger partial charge in [0.05, 0.1) is 0 Å². The molecule has 0 amide bonds. The summed E-state index contributed by atoms with van der Waals surface area (Å²) in [5, 5.41) is 0. The normalized spacial score (nSPS) is 9.67. The maximum Gasteiger partial charge on any atom is -0.00264 e.